The second-order valence-corrected chi connectivity index (χ2v) is 6.83. The lowest BCUT2D eigenvalue weighted by molar-refractivity contribution is 0.102. The van der Waals surface area contributed by atoms with Gasteiger partial charge >= 0.3 is 5.69 Å². The van der Waals surface area contributed by atoms with Crippen LogP contribution in [0.25, 0.3) is 11.3 Å². The van der Waals surface area contributed by atoms with Crippen molar-refractivity contribution in [3.8, 4) is 11.3 Å². The van der Waals surface area contributed by atoms with Gasteiger partial charge in [-0.15, -0.1) is 0 Å². The molecule has 3 N–H and O–H groups in total. The molecule has 0 fully saturated rings. The van der Waals surface area contributed by atoms with Gasteiger partial charge in [-0.3, -0.25) is 19.0 Å². The summed E-state index contributed by atoms with van der Waals surface area (Å²) in [6.45, 7) is -0.317. The highest BCUT2D eigenvalue weighted by molar-refractivity contribution is 6.03. The van der Waals surface area contributed by atoms with Crippen molar-refractivity contribution < 1.29 is 9.18 Å². The number of H-pyrrole nitrogens is 2. The van der Waals surface area contributed by atoms with Crippen LogP contribution in [0.3, 0.4) is 0 Å². The molecule has 4 aromatic rings. The van der Waals surface area contributed by atoms with Gasteiger partial charge in [-0.05, 0) is 24.3 Å². The van der Waals surface area contributed by atoms with Gasteiger partial charge in [-0.25, -0.2) is 14.3 Å². The summed E-state index contributed by atoms with van der Waals surface area (Å²) in [4.78, 5) is 50.9. The number of halogens is 1. The zero-order valence-corrected chi connectivity index (χ0v) is 16.5. The average Bonchev–Trinajstić information content (AvgIpc) is 2.79. The quantitative estimate of drug-likeness (QED) is 0.441. The van der Waals surface area contributed by atoms with Crippen LogP contribution in [-0.2, 0) is 6.54 Å². The maximum absolute atomic E-state index is 13.9. The van der Waals surface area contributed by atoms with Gasteiger partial charge < -0.3 is 10.3 Å². The molecule has 2 aromatic carbocycles. The third kappa shape index (κ3) is 4.29. The van der Waals surface area contributed by atoms with Crippen LogP contribution in [0.1, 0.15) is 15.9 Å². The fourth-order valence-corrected chi connectivity index (χ4v) is 3.04. The highest BCUT2D eigenvalue weighted by atomic mass is 19.1. The molecule has 32 heavy (non-hydrogen) atoms. The van der Waals surface area contributed by atoms with E-state index in [0.717, 1.165) is 10.8 Å². The molecule has 0 spiro atoms. The zero-order valence-electron chi connectivity index (χ0n) is 16.5. The summed E-state index contributed by atoms with van der Waals surface area (Å²) in [6, 6.07) is 15.2. The van der Waals surface area contributed by atoms with Crippen molar-refractivity contribution in [2.75, 3.05) is 5.32 Å². The molecule has 9 nitrogen and oxygen atoms in total. The third-order valence-corrected chi connectivity index (χ3v) is 4.71. The van der Waals surface area contributed by atoms with E-state index < -0.39 is 23.0 Å². The summed E-state index contributed by atoms with van der Waals surface area (Å²) in [7, 11) is 0. The normalized spacial score (nSPS) is 10.7. The molecule has 1 amide bonds. The Morgan fingerprint density at radius 2 is 1.75 bits per heavy atom. The molecule has 2 heterocycles. The molecule has 160 valence electrons. The number of hydrogen-bond acceptors (Lipinski definition) is 5. The van der Waals surface area contributed by atoms with Gasteiger partial charge in [0.15, 0.2) is 0 Å². The number of nitrogens with zero attached hydrogens (tertiary/aromatic N) is 2. The molecule has 4 rings (SSSR count). The Kier molecular flexibility index (Phi) is 5.58. The van der Waals surface area contributed by atoms with Crippen LogP contribution >= 0.6 is 0 Å². The highest BCUT2D eigenvalue weighted by Crippen LogP contribution is 2.18. The summed E-state index contributed by atoms with van der Waals surface area (Å²) >= 11 is 0. The second-order valence-electron chi connectivity index (χ2n) is 6.83. The number of anilines is 1. The van der Waals surface area contributed by atoms with E-state index in [1.165, 1.54) is 24.3 Å². The summed E-state index contributed by atoms with van der Waals surface area (Å²) in [5, 5.41) is 8.85. The minimum atomic E-state index is -0.844. The number of benzene rings is 2. The molecule has 2 aromatic heterocycles. The zero-order chi connectivity index (χ0) is 22.7. The van der Waals surface area contributed by atoms with Crippen molar-refractivity contribution in [3.05, 3.63) is 115 Å². The molecule has 0 radical (unpaired) electrons. The van der Waals surface area contributed by atoms with E-state index in [1.807, 2.05) is 0 Å². The lowest BCUT2D eigenvalue weighted by Gasteiger charge is -2.09. The standard InChI is InChI=1S/C22H16FN5O4/c23-17-4-2-1-3-14(17)12-28-21(31)16(11-24-22(28)32)20(30)25-15-7-5-13(6-8-15)18-9-10-19(29)27-26-18/h1-11H,12H2,(H,24,32)(H,25,30)(H,27,29). The van der Waals surface area contributed by atoms with Crippen LogP contribution in [0.15, 0.2) is 81.2 Å². The number of carbonyl (C=O) groups is 1. The van der Waals surface area contributed by atoms with E-state index in [0.29, 0.717) is 16.9 Å². The van der Waals surface area contributed by atoms with Gasteiger partial charge in [-0.2, -0.15) is 5.10 Å². The molecular weight excluding hydrogens is 417 g/mol. The number of amides is 1. The number of carbonyl (C=O) groups excluding carboxylic acids is 1. The summed E-state index contributed by atoms with van der Waals surface area (Å²) in [6.07, 6.45) is 1.02. The fourth-order valence-electron chi connectivity index (χ4n) is 3.04. The molecule has 0 unspecified atom stereocenters. The second kappa shape index (κ2) is 8.64. The van der Waals surface area contributed by atoms with E-state index in [9.17, 15) is 23.6 Å². The first-order chi connectivity index (χ1) is 15.4. The first kappa shape index (κ1) is 20.7. The predicted octanol–water partition coefficient (Wildman–Crippen LogP) is 1.73. The number of nitrogens with one attached hydrogen (secondary N) is 3. The van der Waals surface area contributed by atoms with Crippen LogP contribution in [0.4, 0.5) is 10.1 Å². The predicted molar refractivity (Wildman–Crippen MR) is 115 cm³/mol. The SMILES string of the molecule is O=C(Nc1ccc(-c2ccc(=O)[nH]n2)cc1)c1c[nH]c(=O)n(Cc2ccccc2F)c1=O. The number of rotatable bonds is 5. The van der Waals surface area contributed by atoms with Crippen molar-refractivity contribution in [1.29, 1.82) is 0 Å². The van der Waals surface area contributed by atoms with Crippen LogP contribution in [-0.4, -0.2) is 25.7 Å². The van der Waals surface area contributed by atoms with E-state index in [2.05, 4.69) is 20.5 Å². The Hall–Kier alpha value is -4.60. The molecule has 0 aliphatic rings. The Balaban J connectivity index is 1.56. The summed E-state index contributed by atoms with van der Waals surface area (Å²) in [5.74, 6) is -1.30. The van der Waals surface area contributed by atoms with E-state index >= 15 is 0 Å². The minimum absolute atomic E-state index is 0.143. The van der Waals surface area contributed by atoms with Crippen molar-refractivity contribution in [1.82, 2.24) is 19.7 Å². The van der Waals surface area contributed by atoms with Crippen LogP contribution in [0, 0.1) is 5.82 Å². The van der Waals surface area contributed by atoms with E-state index in [4.69, 9.17) is 0 Å². The Morgan fingerprint density at radius 1 is 1.00 bits per heavy atom. The largest absolute Gasteiger partial charge is 0.328 e. The summed E-state index contributed by atoms with van der Waals surface area (Å²) in [5.41, 5.74) is -0.434. The van der Waals surface area contributed by atoms with Gasteiger partial charge in [0.2, 0.25) is 0 Å². The van der Waals surface area contributed by atoms with E-state index in [1.54, 1.807) is 36.4 Å². The van der Waals surface area contributed by atoms with Crippen molar-refractivity contribution in [2.45, 2.75) is 6.54 Å². The average molecular weight is 433 g/mol. The maximum Gasteiger partial charge on any atom is 0.328 e. The van der Waals surface area contributed by atoms with E-state index in [-0.39, 0.29) is 23.2 Å². The molecule has 0 aliphatic heterocycles. The van der Waals surface area contributed by atoms with Crippen molar-refractivity contribution in [3.63, 3.8) is 0 Å². The number of hydrogen-bond donors (Lipinski definition) is 3. The molecule has 0 saturated heterocycles. The molecular formula is C22H16FN5O4. The lowest BCUT2D eigenvalue weighted by atomic mass is 10.1. The summed E-state index contributed by atoms with van der Waals surface area (Å²) < 4.78 is 14.7. The maximum atomic E-state index is 13.9. The molecule has 0 saturated carbocycles. The number of aromatic nitrogens is 4. The van der Waals surface area contributed by atoms with Crippen molar-refractivity contribution in [2.24, 2.45) is 0 Å². The van der Waals surface area contributed by atoms with Crippen LogP contribution in [0.5, 0.6) is 0 Å². The Morgan fingerprint density at radius 3 is 2.44 bits per heavy atom. The van der Waals surface area contributed by atoms with Crippen molar-refractivity contribution >= 4 is 11.6 Å². The highest BCUT2D eigenvalue weighted by Gasteiger charge is 2.16. The van der Waals surface area contributed by atoms with Gasteiger partial charge in [0.25, 0.3) is 17.0 Å². The monoisotopic (exact) mass is 433 g/mol. The molecule has 10 heteroatoms. The van der Waals surface area contributed by atoms with Gasteiger partial charge in [0, 0.05) is 29.1 Å². The van der Waals surface area contributed by atoms with Gasteiger partial charge in [0.05, 0.1) is 12.2 Å². The topological polar surface area (TPSA) is 130 Å². The smallest absolute Gasteiger partial charge is 0.322 e. The first-order valence-electron chi connectivity index (χ1n) is 9.46. The first-order valence-corrected chi connectivity index (χ1v) is 9.46. The lowest BCUT2D eigenvalue weighted by Crippen LogP contribution is -2.39. The molecule has 0 bridgehead atoms. The van der Waals surface area contributed by atoms with Gasteiger partial charge in [0.1, 0.15) is 11.4 Å². The Labute approximate surface area is 179 Å². The molecule has 0 aliphatic carbocycles. The number of aromatic amines is 2. The third-order valence-electron chi connectivity index (χ3n) is 4.71. The molecule has 0 atom stereocenters. The van der Waals surface area contributed by atoms with Crippen LogP contribution in [0.2, 0.25) is 0 Å². The van der Waals surface area contributed by atoms with Crippen LogP contribution < -0.4 is 22.1 Å². The fraction of sp³-hybridized carbons (Fsp3) is 0.0455. The van der Waals surface area contributed by atoms with Gasteiger partial charge in [-0.1, -0.05) is 30.3 Å². The minimum Gasteiger partial charge on any atom is -0.322 e. The Bertz CT molecular complexity index is 1450.